The molecule has 0 amide bonds. The van der Waals surface area contributed by atoms with Crippen molar-refractivity contribution in [2.24, 2.45) is 4.99 Å². The molecule has 0 unspecified atom stereocenters. The lowest BCUT2D eigenvalue weighted by atomic mass is 10.0. The highest BCUT2D eigenvalue weighted by Gasteiger charge is 2.25. The van der Waals surface area contributed by atoms with Gasteiger partial charge in [0.1, 0.15) is 0 Å². The molecule has 0 fully saturated rings. The van der Waals surface area contributed by atoms with Gasteiger partial charge in [-0.3, -0.25) is 4.99 Å². The number of hydrogen-bond donors (Lipinski definition) is 0. The van der Waals surface area contributed by atoms with E-state index in [0.29, 0.717) is 0 Å². The van der Waals surface area contributed by atoms with Gasteiger partial charge >= 0.3 is 0 Å². The van der Waals surface area contributed by atoms with E-state index in [4.69, 9.17) is 4.99 Å². The molecule has 1 nitrogen and oxygen atoms in total. The highest BCUT2D eigenvalue weighted by atomic mass is 32.2. The molecule has 3 aromatic rings. The maximum absolute atomic E-state index is 4.92. The minimum atomic E-state index is 0.132. The maximum Gasteiger partial charge on any atom is 0.0768 e. The summed E-state index contributed by atoms with van der Waals surface area (Å²) in [7, 11) is 0. The van der Waals surface area contributed by atoms with E-state index in [1.807, 2.05) is 17.8 Å². The van der Waals surface area contributed by atoms with Crippen LogP contribution in [0.3, 0.4) is 0 Å². The van der Waals surface area contributed by atoms with Crippen molar-refractivity contribution in [3.8, 4) is 11.1 Å². The van der Waals surface area contributed by atoms with Gasteiger partial charge in [0.2, 0.25) is 0 Å². The lowest BCUT2D eigenvalue weighted by Crippen LogP contribution is -2.17. The predicted molar refractivity (Wildman–Crippen MR) is 119 cm³/mol. The normalized spacial score (nSPS) is 15.9. The molecule has 0 spiro atoms. The molecule has 2 heteroatoms. The van der Waals surface area contributed by atoms with Gasteiger partial charge in [-0.15, -0.1) is 11.8 Å². The molecule has 0 atom stereocenters. The van der Waals surface area contributed by atoms with Crippen LogP contribution < -0.4 is 0 Å². The minimum Gasteiger partial charge on any atom is -0.252 e. The first-order valence-electron chi connectivity index (χ1n) is 9.28. The molecule has 0 saturated carbocycles. The number of fused-ring (bicyclic) bond motifs is 1. The van der Waals surface area contributed by atoms with Gasteiger partial charge in [-0.25, -0.2) is 0 Å². The van der Waals surface area contributed by atoms with Gasteiger partial charge in [0.15, 0.2) is 0 Å². The standard InChI is InChI=1S/C25H23NS/c1-25(2)18-22(26-23-10-6-7-11-24(23)27-25)17-14-19-12-15-21(16-13-19)20-8-4-3-5-9-20/h3-17H,18H2,1-2H3/b17-14-. The largest absolute Gasteiger partial charge is 0.252 e. The van der Waals surface area contributed by atoms with E-state index in [0.717, 1.165) is 17.8 Å². The van der Waals surface area contributed by atoms with Crippen molar-refractivity contribution in [3.05, 3.63) is 90.5 Å². The summed E-state index contributed by atoms with van der Waals surface area (Å²) in [5, 5.41) is 0. The summed E-state index contributed by atoms with van der Waals surface area (Å²) >= 11 is 1.91. The number of rotatable bonds is 3. The molecule has 0 aromatic heterocycles. The Labute approximate surface area is 165 Å². The number of hydrogen-bond acceptors (Lipinski definition) is 2. The smallest absolute Gasteiger partial charge is 0.0768 e. The third-order valence-electron chi connectivity index (χ3n) is 4.61. The fourth-order valence-electron chi connectivity index (χ4n) is 3.31. The fourth-order valence-corrected chi connectivity index (χ4v) is 4.49. The van der Waals surface area contributed by atoms with Crippen LogP contribution in [0, 0.1) is 0 Å². The molecule has 4 rings (SSSR count). The first kappa shape index (κ1) is 17.8. The monoisotopic (exact) mass is 369 g/mol. The van der Waals surface area contributed by atoms with E-state index >= 15 is 0 Å². The second-order valence-corrected chi connectivity index (χ2v) is 9.18. The van der Waals surface area contributed by atoms with Gasteiger partial charge < -0.3 is 0 Å². The summed E-state index contributed by atoms with van der Waals surface area (Å²) in [5.74, 6) is 0. The molecule has 1 aliphatic rings. The summed E-state index contributed by atoms with van der Waals surface area (Å²) in [6, 6.07) is 27.6. The Hall–Kier alpha value is -2.58. The van der Waals surface area contributed by atoms with Crippen LogP contribution in [-0.4, -0.2) is 10.5 Å². The zero-order valence-electron chi connectivity index (χ0n) is 15.7. The molecule has 1 heterocycles. The third kappa shape index (κ3) is 4.40. The molecule has 0 bridgehead atoms. The molecular weight excluding hydrogens is 346 g/mol. The Morgan fingerprint density at radius 3 is 2.22 bits per heavy atom. The minimum absolute atomic E-state index is 0.132. The van der Waals surface area contributed by atoms with Crippen molar-refractivity contribution in [3.63, 3.8) is 0 Å². The van der Waals surface area contributed by atoms with Crippen molar-refractivity contribution in [1.82, 2.24) is 0 Å². The first-order chi connectivity index (χ1) is 13.1. The number of aliphatic imine (C=N–C) groups is 1. The van der Waals surface area contributed by atoms with E-state index in [1.165, 1.54) is 21.6 Å². The topological polar surface area (TPSA) is 12.4 Å². The van der Waals surface area contributed by atoms with E-state index in [2.05, 4.69) is 98.8 Å². The Kier molecular flexibility index (Phi) is 5.00. The molecule has 0 N–H and O–H groups in total. The molecule has 134 valence electrons. The van der Waals surface area contributed by atoms with E-state index in [9.17, 15) is 0 Å². The molecule has 0 radical (unpaired) electrons. The summed E-state index contributed by atoms with van der Waals surface area (Å²) in [4.78, 5) is 6.19. The summed E-state index contributed by atoms with van der Waals surface area (Å²) in [6.07, 6.45) is 5.29. The highest BCUT2D eigenvalue weighted by molar-refractivity contribution is 8.00. The Balaban J connectivity index is 1.58. The maximum atomic E-state index is 4.92. The molecule has 3 aromatic carbocycles. The second kappa shape index (κ2) is 7.58. The van der Waals surface area contributed by atoms with Crippen LogP contribution >= 0.6 is 11.8 Å². The SMILES string of the molecule is CC1(C)CC(/C=C\c2ccc(-c3ccccc3)cc2)=Nc2ccccc2S1. The third-order valence-corrected chi connectivity index (χ3v) is 5.87. The Morgan fingerprint density at radius 2 is 1.44 bits per heavy atom. The zero-order valence-corrected chi connectivity index (χ0v) is 16.5. The first-order valence-corrected chi connectivity index (χ1v) is 10.1. The molecule has 0 saturated heterocycles. The molecule has 1 aliphatic heterocycles. The van der Waals surface area contributed by atoms with Crippen LogP contribution in [0.1, 0.15) is 25.8 Å². The number of allylic oxidation sites excluding steroid dienone is 1. The lowest BCUT2D eigenvalue weighted by Gasteiger charge is -2.21. The number of thioether (sulfide) groups is 1. The van der Waals surface area contributed by atoms with Crippen LogP contribution in [-0.2, 0) is 0 Å². The van der Waals surface area contributed by atoms with Crippen molar-refractivity contribution in [1.29, 1.82) is 0 Å². The number of benzene rings is 3. The van der Waals surface area contributed by atoms with Crippen molar-refractivity contribution in [2.45, 2.75) is 29.9 Å². The van der Waals surface area contributed by atoms with Crippen LogP contribution in [0.5, 0.6) is 0 Å². The van der Waals surface area contributed by atoms with Crippen LogP contribution in [0.2, 0.25) is 0 Å². The summed E-state index contributed by atoms with van der Waals surface area (Å²) in [5.41, 5.74) is 5.89. The average Bonchev–Trinajstić information content (AvgIpc) is 2.81. The van der Waals surface area contributed by atoms with E-state index in [-0.39, 0.29) is 4.75 Å². The van der Waals surface area contributed by atoms with Crippen molar-refractivity contribution < 1.29 is 0 Å². The van der Waals surface area contributed by atoms with Gasteiger partial charge in [0, 0.05) is 21.8 Å². The predicted octanol–water partition coefficient (Wildman–Crippen LogP) is 7.41. The van der Waals surface area contributed by atoms with Crippen LogP contribution in [0.15, 0.2) is 94.8 Å². The van der Waals surface area contributed by atoms with Gasteiger partial charge in [0.05, 0.1) is 5.69 Å². The summed E-state index contributed by atoms with van der Waals surface area (Å²) in [6.45, 7) is 4.58. The van der Waals surface area contributed by atoms with E-state index in [1.54, 1.807) is 0 Å². The lowest BCUT2D eigenvalue weighted by molar-refractivity contribution is 0.752. The van der Waals surface area contributed by atoms with Gasteiger partial charge in [0.25, 0.3) is 0 Å². The number of para-hydroxylation sites is 1. The highest BCUT2D eigenvalue weighted by Crippen LogP contribution is 2.43. The van der Waals surface area contributed by atoms with Crippen LogP contribution in [0.4, 0.5) is 5.69 Å². The number of nitrogens with zero attached hydrogens (tertiary/aromatic N) is 1. The zero-order chi connectivity index (χ0) is 18.7. The van der Waals surface area contributed by atoms with Crippen LogP contribution in [0.25, 0.3) is 17.2 Å². The Bertz CT molecular complexity index is 982. The van der Waals surface area contributed by atoms with E-state index < -0.39 is 0 Å². The fraction of sp³-hybridized carbons (Fsp3) is 0.160. The Morgan fingerprint density at radius 1 is 0.778 bits per heavy atom. The average molecular weight is 370 g/mol. The molecule has 27 heavy (non-hydrogen) atoms. The van der Waals surface area contributed by atoms with Crippen molar-refractivity contribution >= 4 is 29.2 Å². The second-order valence-electron chi connectivity index (χ2n) is 7.43. The quantitative estimate of drug-likeness (QED) is 0.468. The summed E-state index contributed by atoms with van der Waals surface area (Å²) < 4.78 is 0.132. The molecular formula is C25H23NS. The molecule has 0 aliphatic carbocycles. The van der Waals surface area contributed by atoms with Crippen molar-refractivity contribution in [2.75, 3.05) is 0 Å². The van der Waals surface area contributed by atoms with Gasteiger partial charge in [-0.2, -0.15) is 0 Å². The van der Waals surface area contributed by atoms with Gasteiger partial charge in [-0.1, -0.05) is 72.8 Å². The van der Waals surface area contributed by atoms with Gasteiger partial charge in [-0.05, 0) is 48.7 Å².